The number of hydrogen-bond acceptors (Lipinski definition) is 4. The smallest absolute Gasteiger partial charge is 0.243 e. The number of primary amides is 1. The fraction of sp³-hybridized carbons (Fsp3) is 0.429. The zero-order chi connectivity index (χ0) is 17.2. The van der Waals surface area contributed by atoms with Gasteiger partial charge in [-0.05, 0) is 24.3 Å². The van der Waals surface area contributed by atoms with Crippen molar-refractivity contribution in [2.24, 2.45) is 11.7 Å². The molecule has 0 spiro atoms. The number of halogens is 1. The summed E-state index contributed by atoms with van der Waals surface area (Å²) < 4.78 is 39.4. The van der Waals surface area contributed by atoms with Crippen molar-refractivity contribution >= 4 is 21.8 Å². The third-order valence-electron chi connectivity index (χ3n) is 3.78. The van der Waals surface area contributed by atoms with E-state index >= 15 is 0 Å². The minimum Gasteiger partial charge on any atom is -0.369 e. The predicted molar refractivity (Wildman–Crippen MR) is 80.1 cm³/mol. The molecule has 0 aliphatic carbocycles. The zero-order valence-electron chi connectivity index (χ0n) is 12.6. The van der Waals surface area contributed by atoms with E-state index in [9.17, 15) is 22.4 Å². The highest BCUT2D eigenvalue weighted by atomic mass is 32.2. The van der Waals surface area contributed by atoms with E-state index in [0.29, 0.717) is 0 Å². The Morgan fingerprint density at radius 2 is 1.78 bits per heavy atom. The lowest BCUT2D eigenvalue weighted by Gasteiger charge is -2.21. The van der Waals surface area contributed by atoms with Crippen molar-refractivity contribution in [1.29, 1.82) is 0 Å². The van der Waals surface area contributed by atoms with Gasteiger partial charge >= 0.3 is 0 Å². The van der Waals surface area contributed by atoms with Crippen molar-refractivity contribution < 1.29 is 22.4 Å². The summed E-state index contributed by atoms with van der Waals surface area (Å²) in [5.74, 6) is -2.26. The van der Waals surface area contributed by atoms with Crippen LogP contribution >= 0.6 is 0 Å². The number of carbonyl (C=O) groups is 2. The Hall–Kier alpha value is -2.00. The third kappa shape index (κ3) is 3.85. The lowest BCUT2D eigenvalue weighted by molar-refractivity contribution is -0.130. The van der Waals surface area contributed by atoms with Crippen molar-refractivity contribution in [2.45, 2.75) is 11.8 Å². The first-order valence-corrected chi connectivity index (χ1v) is 8.46. The van der Waals surface area contributed by atoms with Gasteiger partial charge in [-0.15, -0.1) is 0 Å². The Labute approximate surface area is 133 Å². The van der Waals surface area contributed by atoms with E-state index in [1.54, 1.807) is 0 Å². The van der Waals surface area contributed by atoms with E-state index in [0.717, 1.165) is 28.6 Å². The van der Waals surface area contributed by atoms with Gasteiger partial charge in [0.15, 0.2) is 0 Å². The monoisotopic (exact) mass is 343 g/mol. The van der Waals surface area contributed by atoms with Crippen molar-refractivity contribution in [3.63, 3.8) is 0 Å². The van der Waals surface area contributed by atoms with E-state index in [1.165, 1.54) is 11.8 Å². The molecule has 2 rings (SSSR count). The summed E-state index contributed by atoms with van der Waals surface area (Å²) in [6, 6.07) is 4.44. The SMILES string of the molecule is CC(=O)N1CCN(S(=O)(=O)c2ccc(F)cc2)C[C@H](C(N)=O)C1. The second kappa shape index (κ2) is 6.63. The van der Waals surface area contributed by atoms with Gasteiger partial charge in [-0.25, -0.2) is 12.8 Å². The van der Waals surface area contributed by atoms with Crippen LogP contribution in [0, 0.1) is 11.7 Å². The van der Waals surface area contributed by atoms with Crippen molar-refractivity contribution in [3.8, 4) is 0 Å². The topological polar surface area (TPSA) is 101 Å². The molecule has 1 heterocycles. The van der Waals surface area contributed by atoms with Crippen LogP contribution in [-0.2, 0) is 19.6 Å². The highest BCUT2D eigenvalue weighted by Gasteiger charge is 2.34. The van der Waals surface area contributed by atoms with Gasteiger partial charge in [-0.1, -0.05) is 0 Å². The summed E-state index contributed by atoms with van der Waals surface area (Å²) in [6.45, 7) is 1.53. The molecule has 23 heavy (non-hydrogen) atoms. The zero-order valence-corrected chi connectivity index (χ0v) is 13.4. The Kier molecular flexibility index (Phi) is 5.00. The molecule has 0 radical (unpaired) electrons. The van der Waals surface area contributed by atoms with Crippen LogP contribution in [0.1, 0.15) is 6.92 Å². The Morgan fingerprint density at radius 1 is 1.17 bits per heavy atom. The molecule has 1 aromatic carbocycles. The lowest BCUT2D eigenvalue weighted by Crippen LogP contribution is -2.40. The Bertz CT molecular complexity index is 705. The van der Waals surface area contributed by atoms with Crippen LogP contribution in [0.25, 0.3) is 0 Å². The first-order chi connectivity index (χ1) is 10.7. The van der Waals surface area contributed by atoms with E-state index in [2.05, 4.69) is 0 Å². The summed E-state index contributed by atoms with van der Waals surface area (Å²) in [5.41, 5.74) is 5.32. The van der Waals surface area contributed by atoms with Crippen LogP contribution < -0.4 is 5.73 Å². The largest absolute Gasteiger partial charge is 0.369 e. The van der Waals surface area contributed by atoms with Gasteiger partial charge in [0.2, 0.25) is 21.8 Å². The summed E-state index contributed by atoms with van der Waals surface area (Å²) in [5, 5.41) is 0. The second-order valence-corrected chi connectivity index (χ2v) is 7.32. The van der Waals surface area contributed by atoms with E-state index in [-0.39, 0.29) is 37.0 Å². The van der Waals surface area contributed by atoms with E-state index < -0.39 is 27.7 Å². The van der Waals surface area contributed by atoms with Gasteiger partial charge in [0.05, 0.1) is 10.8 Å². The van der Waals surface area contributed by atoms with Gasteiger partial charge in [0.1, 0.15) is 5.82 Å². The van der Waals surface area contributed by atoms with Crippen molar-refractivity contribution in [1.82, 2.24) is 9.21 Å². The van der Waals surface area contributed by atoms with Gasteiger partial charge in [0, 0.05) is 33.1 Å². The highest BCUT2D eigenvalue weighted by molar-refractivity contribution is 7.89. The normalized spacial score (nSPS) is 20.1. The van der Waals surface area contributed by atoms with Crippen molar-refractivity contribution in [2.75, 3.05) is 26.2 Å². The average Bonchev–Trinajstić information content (AvgIpc) is 2.71. The number of amides is 2. The standard InChI is InChI=1S/C14H18FN3O4S/c1-10(19)17-6-7-18(9-11(8-17)14(16)20)23(21,22)13-4-2-12(15)3-5-13/h2-5,11H,6-9H2,1H3,(H2,16,20)/t11-/m1/s1. The molecule has 1 aliphatic heterocycles. The Balaban J connectivity index is 2.31. The number of benzene rings is 1. The quantitative estimate of drug-likeness (QED) is 0.820. The molecule has 1 aliphatic rings. The Morgan fingerprint density at radius 3 is 2.30 bits per heavy atom. The number of sulfonamides is 1. The molecule has 1 atom stereocenters. The van der Waals surface area contributed by atoms with Crippen LogP contribution in [0.2, 0.25) is 0 Å². The summed E-state index contributed by atoms with van der Waals surface area (Å²) >= 11 is 0. The molecule has 2 amide bonds. The second-order valence-electron chi connectivity index (χ2n) is 5.38. The molecule has 0 aromatic heterocycles. The van der Waals surface area contributed by atoms with Crippen LogP contribution in [-0.4, -0.2) is 55.6 Å². The fourth-order valence-electron chi connectivity index (χ4n) is 2.42. The molecule has 1 fully saturated rings. The lowest BCUT2D eigenvalue weighted by atomic mass is 10.1. The van der Waals surface area contributed by atoms with Gasteiger partial charge in [-0.2, -0.15) is 4.31 Å². The number of rotatable bonds is 3. The maximum atomic E-state index is 13.0. The molecule has 1 aromatic rings. The van der Waals surface area contributed by atoms with E-state index in [4.69, 9.17) is 5.73 Å². The number of nitrogens with zero attached hydrogens (tertiary/aromatic N) is 2. The predicted octanol–water partition coefficient (Wildman–Crippen LogP) is -0.220. The molecule has 7 nitrogen and oxygen atoms in total. The number of hydrogen-bond donors (Lipinski definition) is 1. The molecule has 126 valence electrons. The first-order valence-electron chi connectivity index (χ1n) is 7.02. The maximum absolute atomic E-state index is 13.0. The molecular weight excluding hydrogens is 325 g/mol. The van der Waals surface area contributed by atoms with Crippen LogP contribution in [0.3, 0.4) is 0 Å². The minimum atomic E-state index is -3.90. The molecule has 9 heteroatoms. The third-order valence-corrected chi connectivity index (χ3v) is 5.66. The highest BCUT2D eigenvalue weighted by Crippen LogP contribution is 2.20. The molecule has 1 saturated heterocycles. The minimum absolute atomic E-state index is 0.0447. The maximum Gasteiger partial charge on any atom is 0.243 e. The molecular formula is C14H18FN3O4S. The molecule has 0 bridgehead atoms. The van der Waals surface area contributed by atoms with Gasteiger partial charge < -0.3 is 10.6 Å². The molecule has 0 saturated carbocycles. The first kappa shape index (κ1) is 17.4. The van der Waals surface area contributed by atoms with Crippen LogP contribution in [0.4, 0.5) is 4.39 Å². The summed E-state index contributed by atoms with van der Waals surface area (Å²) in [6.07, 6.45) is 0. The van der Waals surface area contributed by atoms with Gasteiger partial charge in [-0.3, -0.25) is 9.59 Å². The van der Waals surface area contributed by atoms with Crippen LogP contribution in [0.15, 0.2) is 29.2 Å². The van der Waals surface area contributed by atoms with Crippen LogP contribution in [0.5, 0.6) is 0 Å². The molecule has 2 N–H and O–H groups in total. The van der Waals surface area contributed by atoms with Gasteiger partial charge in [0.25, 0.3) is 0 Å². The summed E-state index contributed by atoms with van der Waals surface area (Å²) in [4.78, 5) is 24.4. The van der Waals surface area contributed by atoms with E-state index in [1.807, 2.05) is 0 Å². The fourth-order valence-corrected chi connectivity index (χ4v) is 3.90. The average molecular weight is 343 g/mol. The van der Waals surface area contributed by atoms with Crippen molar-refractivity contribution in [3.05, 3.63) is 30.1 Å². The summed E-state index contributed by atoms with van der Waals surface area (Å²) in [7, 11) is -3.90. The number of carbonyl (C=O) groups excluding carboxylic acids is 2. The number of nitrogens with two attached hydrogens (primary N) is 1. The molecule has 0 unspecified atom stereocenters.